The van der Waals surface area contributed by atoms with Gasteiger partial charge in [-0.25, -0.2) is 0 Å². The Hall–Kier alpha value is -1.86. The maximum atomic E-state index is 13.0. The van der Waals surface area contributed by atoms with Crippen LogP contribution in [-0.4, -0.2) is 115 Å². The molecule has 0 saturated carbocycles. The number of aliphatic hydroxyl groups is 3. The lowest BCUT2D eigenvalue weighted by Gasteiger charge is -2.47. The summed E-state index contributed by atoms with van der Waals surface area (Å²) in [5.41, 5.74) is 0. The number of hydrogen-bond acceptors (Lipinski definition) is 11. The number of carbonyl (C=O) groups excluding carboxylic acids is 2. The van der Waals surface area contributed by atoms with Crippen molar-refractivity contribution in [3.05, 3.63) is 24.3 Å². The first-order valence-electron chi connectivity index (χ1n) is 15.1. The summed E-state index contributed by atoms with van der Waals surface area (Å²) in [6, 6.07) is -0.671. The summed E-state index contributed by atoms with van der Waals surface area (Å²) in [7, 11) is 4.96. The minimum absolute atomic E-state index is 0.0891. The summed E-state index contributed by atoms with van der Waals surface area (Å²) in [6.07, 6.45) is 0.507. The van der Waals surface area contributed by atoms with E-state index in [9.17, 15) is 24.9 Å². The summed E-state index contributed by atoms with van der Waals surface area (Å²) in [5.74, 6) is -1.53. The van der Waals surface area contributed by atoms with Crippen LogP contribution >= 0.6 is 0 Å². The Labute approximate surface area is 250 Å². The zero-order chi connectivity index (χ0) is 31.6. The van der Waals surface area contributed by atoms with Crippen LogP contribution in [0.4, 0.5) is 0 Å². The number of hydrogen-bond donors (Lipinski definition) is 3. The Morgan fingerprint density at radius 2 is 1.76 bits per heavy atom. The molecule has 2 rings (SSSR count). The van der Waals surface area contributed by atoms with Crippen LogP contribution in [0.15, 0.2) is 24.3 Å². The number of allylic oxidation sites excluding steroid dienone is 2. The van der Waals surface area contributed by atoms with Crippen LogP contribution in [0.1, 0.15) is 66.7 Å². The lowest BCUT2D eigenvalue weighted by Crippen LogP contribution is -2.63. The Bertz CT molecular complexity index is 895. The van der Waals surface area contributed by atoms with Gasteiger partial charge in [-0.15, -0.1) is 0 Å². The molecule has 1 fully saturated rings. The fourth-order valence-corrected chi connectivity index (χ4v) is 5.67. The number of rotatable bonds is 7. The van der Waals surface area contributed by atoms with E-state index >= 15 is 0 Å². The maximum absolute atomic E-state index is 13.0. The molecule has 3 N–H and O–H groups in total. The first-order valence-corrected chi connectivity index (χ1v) is 15.1. The van der Waals surface area contributed by atoms with E-state index in [0.717, 1.165) is 0 Å². The fraction of sp³-hybridized carbons (Fsp3) is 0.806. The lowest BCUT2D eigenvalue weighted by molar-refractivity contribution is -0.310. The van der Waals surface area contributed by atoms with E-state index in [0.29, 0.717) is 19.3 Å². The number of aliphatic hydroxyl groups excluding tert-OH is 3. The van der Waals surface area contributed by atoms with Crippen molar-refractivity contribution in [3.8, 4) is 0 Å². The van der Waals surface area contributed by atoms with Crippen molar-refractivity contribution in [1.29, 1.82) is 0 Å². The van der Waals surface area contributed by atoms with Gasteiger partial charge in [0.1, 0.15) is 24.4 Å². The van der Waals surface area contributed by atoms with Gasteiger partial charge in [0.05, 0.1) is 36.9 Å². The molecule has 0 amide bonds. The van der Waals surface area contributed by atoms with Crippen molar-refractivity contribution in [1.82, 2.24) is 4.90 Å². The predicted molar refractivity (Wildman–Crippen MR) is 156 cm³/mol. The average molecular weight is 600 g/mol. The molecule has 0 aromatic rings. The van der Waals surface area contributed by atoms with E-state index in [1.807, 2.05) is 19.9 Å². The molecular weight excluding hydrogens is 546 g/mol. The highest BCUT2D eigenvalue weighted by Crippen LogP contribution is 2.34. The van der Waals surface area contributed by atoms with Crippen LogP contribution in [0.25, 0.3) is 0 Å². The van der Waals surface area contributed by atoms with Crippen molar-refractivity contribution in [2.24, 2.45) is 11.8 Å². The molecule has 0 aliphatic carbocycles. The van der Waals surface area contributed by atoms with Gasteiger partial charge in [-0.3, -0.25) is 9.59 Å². The van der Waals surface area contributed by atoms with Gasteiger partial charge in [0.15, 0.2) is 6.29 Å². The maximum Gasteiger partial charge on any atom is 0.309 e. The first kappa shape index (κ1) is 36.3. The van der Waals surface area contributed by atoms with E-state index in [1.165, 1.54) is 7.11 Å². The highest BCUT2D eigenvalue weighted by Gasteiger charge is 2.48. The summed E-state index contributed by atoms with van der Waals surface area (Å²) in [4.78, 5) is 27.3. The van der Waals surface area contributed by atoms with E-state index in [4.69, 9.17) is 23.7 Å². The number of methoxy groups -OCH3 is 1. The number of cyclic esters (lactones) is 1. The molecular formula is C31H53NO10. The van der Waals surface area contributed by atoms with Crippen molar-refractivity contribution in [3.63, 3.8) is 0 Å². The van der Waals surface area contributed by atoms with Crippen LogP contribution < -0.4 is 0 Å². The summed E-state index contributed by atoms with van der Waals surface area (Å²) in [6.45, 7) is 9.04. The first-order chi connectivity index (χ1) is 19.8. The van der Waals surface area contributed by atoms with Gasteiger partial charge < -0.3 is 43.9 Å². The van der Waals surface area contributed by atoms with Crippen molar-refractivity contribution >= 4 is 11.9 Å². The zero-order valence-electron chi connectivity index (χ0n) is 26.4. The Balaban J connectivity index is 2.58. The monoisotopic (exact) mass is 599 g/mol. The molecule has 2 aliphatic heterocycles. The molecule has 42 heavy (non-hydrogen) atoms. The molecule has 0 radical (unpaired) electrons. The van der Waals surface area contributed by atoms with Crippen molar-refractivity contribution in [2.75, 3.05) is 21.2 Å². The normalized spacial score (nSPS) is 40.7. The summed E-state index contributed by atoms with van der Waals surface area (Å²) < 4.78 is 29.8. The van der Waals surface area contributed by atoms with E-state index < -0.39 is 73.1 Å². The fourth-order valence-electron chi connectivity index (χ4n) is 5.67. The van der Waals surface area contributed by atoms with Gasteiger partial charge in [0.2, 0.25) is 0 Å². The molecule has 0 spiro atoms. The third kappa shape index (κ3) is 10.1. The highest BCUT2D eigenvalue weighted by atomic mass is 16.7. The third-order valence-electron chi connectivity index (χ3n) is 8.20. The van der Waals surface area contributed by atoms with E-state index in [2.05, 4.69) is 0 Å². The van der Waals surface area contributed by atoms with Gasteiger partial charge >= 0.3 is 11.9 Å². The largest absolute Gasteiger partial charge is 0.462 e. The molecule has 0 aromatic carbocycles. The Kier molecular flexibility index (Phi) is 15.1. The van der Waals surface area contributed by atoms with Gasteiger partial charge in [-0.05, 0) is 46.2 Å². The molecule has 12 atom stereocenters. The van der Waals surface area contributed by atoms with Crippen LogP contribution in [0.2, 0.25) is 0 Å². The average Bonchev–Trinajstić information content (AvgIpc) is 2.92. The molecule has 11 nitrogen and oxygen atoms in total. The quantitative estimate of drug-likeness (QED) is 0.371. The van der Waals surface area contributed by atoms with E-state index in [-0.39, 0.29) is 24.7 Å². The van der Waals surface area contributed by atoms with Crippen LogP contribution in [-0.2, 0) is 33.3 Å². The second-order valence-corrected chi connectivity index (χ2v) is 11.8. The Morgan fingerprint density at radius 1 is 1.07 bits per heavy atom. The molecule has 242 valence electrons. The van der Waals surface area contributed by atoms with Gasteiger partial charge in [0.25, 0.3) is 0 Å². The van der Waals surface area contributed by atoms with Crippen molar-refractivity contribution in [2.45, 2.75) is 128 Å². The molecule has 2 aliphatic rings. The van der Waals surface area contributed by atoms with Gasteiger partial charge in [-0.2, -0.15) is 0 Å². The second-order valence-electron chi connectivity index (χ2n) is 11.8. The molecule has 0 unspecified atom stereocenters. The minimum atomic E-state index is -1.22. The smallest absolute Gasteiger partial charge is 0.309 e. The molecule has 11 heteroatoms. The predicted octanol–water partition coefficient (Wildman–Crippen LogP) is 2.36. The van der Waals surface area contributed by atoms with Crippen molar-refractivity contribution < 1.29 is 48.6 Å². The van der Waals surface area contributed by atoms with Crippen LogP contribution in [0.3, 0.4) is 0 Å². The molecule has 2 heterocycles. The third-order valence-corrected chi connectivity index (χ3v) is 8.20. The number of esters is 2. The SMILES string of the molecule is CCC(=O)O[C@@H]1CC(=O)O[C@H](C)C/C=C/C=C/[C@H](O)[C@H](C)C[C@H](CC)[C@H](O[C@@H]2O[C@H](C)[C@@H](O)[C@H](N(C)C)[C@H]2O)[C@H]1OC. The number of carbonyl (C=O) groups is 2. The standard InChI is InChI=1S/C31H53NO10/c1-9-21-16-18(3)22(33)15-13-11-12-14-19(4)39-25(35)17-23(41-24(34)10-2)30(38-8)29(21)42-31-28(37)26(32(6)7)27(36)20(5)40-31/h11-13,15,18-23,26-31,33,36-37H,9-10,14,16-17H2,1-8H3/b12-11+,15-13+/t18-,19-,20-,21+,22+,23-,26+,27-,28-,29+,30+,31+/m1/s1. The minimum Gasteiger partial charge on any atom is -0.462 e. The Morgan fingerprint density at radius 3 is 2.36 bits per heavy atom. The van der Waals surface area contributed by atoms with Gasteiger partial charge in [-0.1, -0.05) is 51.5 Å². The molecule has 0 aromatic heterocycles. The van der Waals surface area contributed by atoms with E-state index in [1.54, 1.807) is 58.0 Å². The lowest BCUT2D eigenvalue weighted by atomic mass is 9.82. The molecule has 0 bridgehead atoms. The summed E-state index contributed by atoms with van der Waals surface area (Å²) >= 11 is 0. The zero-order valence-corrected chi connectivity index (χ0v) is 26.4. The van der Waals surface area contributed by atoms with Crippen LogP contribution in [0, 0.1) is 11.8 Å². The number of nitrogens with zero attached hydrogens (tertiary/aromatic N) is 1. The van der Waals surface area contributed by atoms with Gasteiger partial charge in [0, 0.05) is 20.0 Å². The topological polar surface area (TPSA) is 144 Å². The summed E-state index contributed by atoms with van der Waals surface area (Å²) in [5, 5.41) is 32.9. The molecule has 1 saturated heterocycles. The van der Waals surface area contributed by atoms with Crippen LogP contribution in [0.5, 0.6) is 0 Å². The highest BCUT2D eigenvalue weighted by molar-refractivity contribution is 5.72. The number of likely N-dealkylation sites (N-methyl/N-ethyl adjacent to an activating group) is 1. The number of ether oxygens (including phenoxy) is 5. The second kappa shape index (κ2) is 17.4.